The molecule has 2 rings (SSSR count). The van der Waals surface area contributed by atoms with Crippen molar-refractivity contribution >= 4 is 11.6 Å². The quantitative estimate of drug-likeness (QED) is 0.882. The molecule has 1 amide bonds. The summed E-state index contributed by atoms with van der Waals surface area (Å²) in [6, 6.07) is 6.45. The molecule has 0 bridgehead atoms. The van der Waals surface area contributed by atoms with Gasteiger partial charge in [0.15, 0.2) is 0 Å². The van der Waals surface area contributed by atoms with E-state index in [-0.39, 0.29) is 5.91 Å². The van der Waals surface area contributed by atoms with Crippen LogP contribution in [0, 0.1) is 6.92 Å². The largest absolute Gasteiger partial charge is 0.328 e. The SMILES string of the molecule is CCc1cccc(C)c1NC(=O)CN1CCC(N)CC1. The number of carbonyl (C=O) groups excluding carboxylic acids is 1. The van der Waals surface area contributed by atoms with Gasteiger partial charge < -0.3 is 11.1 Å². The maximum absolute atomic E-state index is 12.2. The van der Waals surface area contributed by atoms with E-state index in [0.29, 0.717) is 12.6 Å². The predicted octanol–water partition coefficient (Wildman–Crippen LogP) is 1.92. The molecule has 0 saturated carbocycles. The third-order valence-corrected chi connectivity index (χ3v) is 4.00. The van der Waals surface area contributed by atoms with E-state index in [1.165, 1.54) is 5.56 Å². The summed E-state index contributed by atoms with van der Waals surface area (Å²) in [4.78, 5) is 14.4. The van der Waals surface area contributed by atoms with Gasteiger partial charge >= 0.3 is 0 Å². The van der Waals surface area contributed by atoms with E-state index in [1.807, 2.05) is 19.1 Å². The summed E-state index contributed by atoms with van der Waals surface area (Å²) in [5, 5.41) is 3.08. The Hall–Kier alpha value is -1.39. The zero-order valence-electron chi connectivity index (χ0n) is 12.5. The van der Waals surface area contributed by atoms with E-state index in [2.05, 4.69) is 23.2 Å². The third kappa shape index (κ3) is 3.81. The van der Waals surface area contributed by atoms with Gasteiger partial charge in [-0.25, -0.2) is 0 Å². The third-order valence-electron chi connectivity index (χ3n) is 4.00. The van der Waals surface area contributed by atoms with Gasteiger partial charge in [0, 0.05) is 24.8 Å². The minimum Gasteiger partial charge on any atom is -0.328 e. The van der Waals surface area contributed by atoms with Crippen LogP contribution in [0.3, 0.4) is 0 Å². The molecule has 4 heteroatoms. The summed E-state index contributed by atoms with van der Waals surface area (Å²) in [7, 11) is 0. The molecule has 110 valence electrons. The highest BCUT2D eigenvalue weighted by atomic mass is 16.2. The highest BCUT2D eigenvalue weighted by Gasteiger charge is 2.18. The zero-order valence-corrected chi connectivity index (χ0v) is 12.5. The number of hydrogen-bond acceptors (Lipinski definition) is 3. The fourth-order valence-corrected chi connectivity index (χ4v) is 2.70. The van der Waals surface area contributed by atoms with Gasteiger partial charge in [-0.05, 0) is 37.3 Å². The number of benzene rings is 1. The lowest BCUT2D eigenvalue weighted by Gasteiger charge is -2.29. The predicted molar refractivity (Wildman–Crippen MR) is 82.8 cm³/mol. The number of para-hydroxylation sites is 1. The molecule has 1 fully saturated rings. The number of nitrogens with one attached hydrogen (secondary N) is 1. The van der Waals surface area contributed by atoms with Crippen LogP contribution in [0.5, 0.6) is 0 Å². The fraction of sp³-hybridized carbons (Fsp3) is 0.562. The van der Waals surface area contributed by atoms with Crippen LogP contribution >= 0.6 is 0 Å². The van der Waals surface area contributed by atoms with Gasteiger partial charge in [0.2, 0.25) is 5.91 Å². The summed E-state index contributed by atoms with van der Waals surface area (Å²) >= 11 is 0. The molecule has 0 spiro atoms. The minimum atomic E-state index is 0.0736. The molecule has 1 aromatic rings. The molecule has 1 aliphatic heterocycles. The van der Waals surface area contributed by atoms with Crippen LogP contribution in [0.25, 0.3) is 0 Å². The Morgan fingerprint density at radius 3 is 2.75 bits per heavy atom. The molecule has 1 aliphatic rings. The molecule has 1 saturated heterocycles. The molecule has 0 aliphatic carbocycles. The van der Waals surface area contributed by atoms with Gasteiger partial charge in [0.1, 0.15) is 0 Å². The number of likely N-dealkylation sites (tertiary alicyclic amines) is 1. The monoisotopic (exact) mass is 275 g/mol. The van der Waals surface area contributed by atoms with E-state index < -0.39 is 0 Å². The molecular formula is C16H25N3O. The summed E-state index contributed by atoms with van der Waals surface area (Å²) in [5.74, 6) is 0.0736. The Kier molecular flexibility index (Phi) is 5.15. The summed E-state index contributed by atoms with van der Waals surface area (Å²) in [5.41, 5.74) is 9.18. The first kappa shape index (κ1) is 15.0. The summed E-state index contributed by atoms with van der Waals surface area (Å²) in [6.45, 7) is 6.45. The Labute approximate surface area is 121 Å². The van der Waals surface area contributed by atoms with E-state index in [0.717, 1.165) is 43.6 Å². The number of piperidine rings is 1. The number of nitrogens with zero attached hydrogens (tertiary/aromatic N) is 1. The van der Waals surface area contributed by atoms with Crippen molar-refractivity contribution < 1.29 is 4.79 Å². The van der Waals surface area contributed by atoms with Crippen LogP contribution < -0.4 is 11.1 Å². The molecule has 0 aromatic heterocycles. The van der Waals surface area contributed by atoms with Crippen LogP contribution in [-0.4, -0.2) is 36.5 Å². The second-order valence-corrected chi connectivity index (χ2v) is 5.62. The topological polar surface area (TPSA) is 58.4 Å². The number of anilines is 1. The number of hydrogen-bond donors (Lipinski definition) is 2. The van der Waals surface area contributed by atoms with Crippen LogP contribution in [0.4, 0.5) is 5.69 Å². The van der Waals surface area contributed by atoms with E-state index in [4.69, 9.17) is 5.73 Å². The van der Waals surface area contributed by atoms with Gasteiger partial charge in [-0.3, -0.25) is 9.69 Å². The number of nitrogens with two attached hydrogens (primary N) is 1. The first-order valence-electron chi connectivity index (χ1n) is 7.46. The second kappa shape index (κ2) is 6.86. The summed E-state index contributed by atoms with van der Waals surface area (Å²) in [6.07, 6.45) is 2.89. The van der Waals surface area contributed by atoms with Crippen LogP contribution in [-0.2, 0) is 11.2 Å². The molecule has 3 N–H and O–H groups in total. The van der Waals surface area contributed by atoms with Gasteiger partial charge in [-0.15, -0.1) is 0 Å². The van der Waals surface area contributed by atoms with Crippen molar-refractivity contribution in [3.8, 4) is 0 Å². The lowest BCUT2D eigenvalue weighted by Crippen LogP contribution is -2.43. The first-order chi connectivity index (χ1) is 9.60. The Balaban J connectivity index is 1.95. The maximum atomic E-state index is 12.2. The Bertz CT molecular complexity index is 465. The number of rotatable bonds is 4. The molecular weight excluding hydrogens is 250 g/mol. The first-order valence-corrected chi connectivity index (χ1v) is 7.46. The van der Waals surface area contributed by atoms with Crippen molar-refractivity contribution in [1.82, 2.24) is 4.90 Å². The molecule has 0 radical (unpaired) electrons. The highest BCUT2D eigenvalue weighted by molar-refractivity contribution is 5.93. The summed E-state index contributed by atoms with van der Waals surface area (Å²) < 4.78 is 0. The average Bonchev–Trinajstić information content (AvgIpc) is 2.43. The smallest absolute Gasteiger partial charge is 0.238 e. The highest BCUT2D eigenvalue weighted by Crippen LogP contribution is 2.21. The van der Waals surface area contributed by atoms with Gasteiger partial charge in [-0.1, -0.05) is 25.1 Å². The van der Waals surface area contributed by atoms with Gasteiger partial charge in [0.25, 0.3) is 0 Å². The molecule has 0 atom stereocenters. The molecule has 0 unspecified atom stereocenters. The second-order valence-electron chi connectivity index (χ2n) is 5.62. The number of amides is 1. The Morgan fingerprint density at radius 2 is 2.10 bits per heavy atom. The molecule has 20 heavy (non-hydrogen) atoms. The Morgan fingerprint density at radius 1 is 1.40 bits per heavy atom. The van der Waals surface area contributed by atoms with Crippen LogP contribution in [0.2, 0.25) is 0 Å². The van der Waals surface area contributed by atoms with E-state index in [9.17, 15) is 4.79 Å². The van der Waals surface area contributed by atoms with Crippen molar-refractivity contribution in [3.05, 3.63) is 29.3 Å². The standard InChI is InChI=1S/C16H25N3O/c1-3-13-6-4-5-12(2)16(13)18-15(20)11-19-9-7-14(17)8-10-19/h4-6,14H,3,7-11,17H2,1-2H3,(H,18,20). The van der Waals surface area contributed by atoms with Crippen molar-refractivity contribution in [2.75, 3.05) is 25.0 Å². The van der Waals surface area contributed by atoms with E-state index >= 15 is 0 Å². The average molecular weight is 275 g/mol. The minimum absolute atomic E-state index is 0.0736. The van der Waals surface area contributed by atoms with Crippen molar-refractivity contribution in [3.63, 3.8) is 0 Å². The van der Waals surface area contributed by atoms with E-state index in [1.54, 1.807) is 0 Å². The number of aryl methyl sites for hydroxylation is 2. The van der Waals surface area contributed by atoms with Gasteiger partial charge in [0.05, 0.1) is 6.54 Å². The normalized spacial score (nSPS) is 17.1. The van der Waals surface area contributed by atoms with Gasteiger partial charge in [-0.2, -0.15) is 0 Å². The van der Waals surface area contributed by atoms with Crippen molar-refractivity contribution in [2.24, 2.45) is 5.73 Å². The zero-order chi connectivity index (χ0) is 14.5. The number of carbonyl (C=O) groups is 1. The molecule has 4 nitrogen and oxygen atoms in total. The van der Waals surface area contributed by atoms with Crippen LogP contribution in [0.1, 0.15) is 30.9 Å². The molecule has 1 heterocycles. The van der Waals surface area contributed by atoms with Crippen molar-refractivity contribution in [2.45, 2.75) is 39.2 Å². The van der Waals surface area contributed by atoms with Crippen molar-refractivity contribution in [1.29, 1.82) is 0 Å². The lowest BCUT2D eigenvalue weighted by atomic mass is 10.1. The lowest BCUT2D eigenvalue weighted by molar-refractivity contribution is -0.117. The fourth-order valence-electron chi connectivity index (χ4n) is 2.70. The van der Waals surface area contributed by atoms with Crippen LogP contribution in [0.15, 0.2) is 18.2 Å². The maximum Gasteiger partial charge on any atom is 0.238 e. The molecule has 1 aromatic carbocycles.